The minimum atomic E-state index is -2.89. The van der Waals surface area contributed by atoms with Crippen LogP contribution in [0.5, 0.6) is 0 Å². The van der Waals surface area contributed by atoms with Gasteiger partial charge in [-0.1, -0.05) is 40.5 Å². The van der Waals surface area contributed by atoms with Crippen molar-refractivity contribution in [2.24, 2.45) is 10.8 Å². The van der Waals surface area contributed by atoms with Gasteiger partial charge in [0.25, 0.3) is 0 Å². The molecule has 0 saturated carbocycles. The number of unbranched alkanes of at least 4 members (excludes halogenated alkanes) is 2. The van der Waals surface area contributed by atoms with Crippen LogP contribution in [-0.4, -0.2) is 52.2 Å². The van der Waals surface area contributed by atoms with Crippen molar-refractivity contribution in [1.82, 2.24) is 0 Å². The Bertz CT molecular complexity index is 447. The van der Waals surface area contributed by atoms with Crippen molar-refractivity contribution >= 4 is 19.8 Å². The SMILES string of the molecule is COCCCCC(C)(C)C(=O)CO[PH](=O)OCC(=O)C(C)(C)CCCCOC. The van der Waals surface area contributed by atoms with Gasteiger partial charge in [0.15, 0.2) is 11.6 Å². The average Bonchev–Trinajstić information content (AvgIpc) is 2.64. The summed E-state index contributed by atoms with van der Waals surface area (Å²) in [7, 11) is 0.408. The van der Waals surface area contributed by atoms with Gasteiger partial charge in [0.2, 0.25) is 0 Å². The molecule has 0 aromatic rings. The third-order valence-electron chi connectivity index (χ3n) is 4.95. The lowest BCUT2D eigenvalue weighted by atomic mass is 9.83. The number of ketones is 2. The van der Waals surface area contributed by atoms with Crippen molar-refractivity contribution in [3.8, 4) is 0 Å². The van der Waals surface area contributed by atoms with Crippen molar-refractivity contribution in [3.05, 3.63) is 0 Å². The fourth-order valence-corrected chi connectivity index (χ4v) is 3.17. The molecular weight excluding hydrogens is 383 g/mol. The highest BCUT2D eigenvalue weighted by molar-refractivity contribution is 7.33. The summed E-state index contributed by atoms with van der Waals surface area (Å²) < 4.78 is 32.1. The molecule has 0 aliphatic rings. The quantitative estimate of drug-likeness (QED) is 0.241. The molecular formula is C20H39O7P. The topological polar surface area (TPSA) is 88.1 Å². The Kier molecular flexibility index (Phi) is 14.1. The van der Waals surface area contributed by atoms with Crippen LogP contribution in [0, 0.1) is 10.8 Å². The Labute approximate surface area is 170 Å². The molecule has 0 aliphatic carbocycles. The molecule has 0 amide bonds. The van der Waals surface area contributed by atoms with E-state index < -0.39 is 19.1 Å². The average molecular weight is 422 g/mol. The lowest BCUT2D eigenvalue weighted by Crippen LogP contribution is -2.28. The second kappa shape index (κ2) is 14.4. The third-order valence-corrected chi connectivity index (χ3v) is 5.71. The van der Waals surface area contributed by atoms with Crippen LogP contribution in [0.15, 0.2) is 0 Å². The molecule has 8 heteroatoms. The molecule has 0 spiro atoms. The van der Waals surface area contributed by atoms with Crippen LogP contribution in [0.25, 0.3) is 0 Å². The number of Topliss-reactive ketones (excluding diaryl/α,β-unsaturated/α-hetero) is 2. The normalized spacial score (nSPS) is 12.5. The number of carbonyl (C=O) groups excluding carboxylic acids is 2. The molecule has 0 bridgehead atoms. The fraction of sp³-hybridized carbons (Fsp3) is 0.900. The maximum absolute atomic E-state index is 12.3. The lowest BCUT2D eigenvalue weighted by molar-refractivity contribution is -0.130. The summed E-state index contributed by atoms with van der Waals surface area (Å²) in [5.41, 5.74) is -1.12. The summed E-state index contributed by atoms with van der Waals surface area (Å²) in [6.45, 7) is 8.17. The third kappa shape index (κ3) is 12.1. The minimum Gasteiger partial charge on any atom is -0.385 e. The van der Waals surface area contributed by atoms with Gasteiger partial charge in [-0.05, 0) is 25.7 Å². The molecule has 0 fully saturated rings. The highest BCUT2D eigenvalue weighted by Crippen LogP contribution is 2.31. The predicted molar refractivity (Wildman–Crippen MR) is 110 cm³/mol. The van der Waals surface area contributed by atoms with Crippen LogP contribution in [-0.2, 0) is 32.7 Å². The first-order chi connectivity index (χ1) is 13.1. The number of methoxy groups -OCH3 is 2. The smallest absolute Gasteiger partial charge is 0.319 e. The summed E-state index contributed by atoms with van der Waals surface area (Å²) in [6.07, 6.45) is 4.92. The highest BCUT2D eigenvalue weighted by atomic mass is 31.1. The van der Waals surface area contributed by atoms with Gasteiger partial charge in [-0.2, -0.15) is 0 Å². The molecule has 7 nitrogen and oxygen atoms in total. The van der Waals surface area contributed by atoms with Crippen molar-refractivity contribution in [2.75, 3.05) is 40.6 Å². The number of carbonyl (C=O) groups is 2. The van der Waals surface area contributed by atoms with Crippen molar-refractivity contribution in [2.45, 2.75) is 66.2 Å². The van der Waals surface area contributed by atoms with E-state index in [2.05, 4.69) is 0 Å². The standard InChI is InChI=1S/C20H39O7P/c1-19(2,11-7-9-13-24-5)17(21)15-26-28(23)27-16-18(22)20(3,4)12-8-10-14-25-6/h28H,7-16H2,1-6H3. The number of rotatable bonds is 18. The molecule has 0 saturated heterocycles. The first-order valence-corrected chi connectivity index (χ1v) is 11.1. The number of hydrogen-bond donors (Lipinski definition) is 0. The summed E-state index contributed by atoms with van der Waals surface area (Å²) in [4.78, 5) is 24.6. The molecule has 0 rings (SSSR count). The second-order valence-electron chi connectivity index (χ2n) is 8.34. The maximum Gasteiger partial charge on any atom is 0.319 e. The highest BCUT2D eigenvalue weighted by Gasteiger charge is 2.29. The molecule has 0 aliphatic heterocycles. The van der Waals surface area contributed by atoms with Gasteiger partial charge in [-0.3, -0.25) is 14.2 Å². The van der Waals surface area contributed by atoms with E-state index >= 15 is 0 Å². The molecule has 0 aromatic carbocycles. The van der Waals surface area contributed by atoms with Crippen LogP contribution >= 0.6 is 8.25 Å². The van der Waals surface area contributed by atoms with Gasteiger partial charge in [-0.25, -0.2) is 0 Å². The van der Waals surface area contributed by atoms with Crippen LogP contribution in [0.2, 0.25) is 0 Å². The van der Waals surface area contributed by atoms with Crippen LogP contribution in [0.3, 0.4) is 0 Å². The van der Waals surface area contributed by atoms with Crippen molar-refractivity contribution in [3.63, 3.8) is 0 Å². The lowest BCUT2D eigenvalue weighted by Gasteiger charge is -2.23. The van der Waals surface area contributed by atoms with Gasteiger partial charge in [0, 0.05) is 38.3 Å². The summed E-state index contributed by atoms with van der Waals surface area (Å²) in [6, 6.07) is 0. The second-order valence-corrected chi connectivity index (χ2v) is 9.42. The Hall–Kier alpha value is -0.590. The number of ether oxygens (including phenoxy) is 2. The van der Waals surface area contributed by atoms with Crippen molar-refractivity contribution in [1.29, 1.82) is 0 Å². The molecule has 0 unspecified atom stereocenters. The molecule has 166 valence electrons. The zero-order valence-electron chi connectivity index (χ0n) is 18.4. The van der Waals surface area contributed by atoms with Gasteiger partial charge < -0.3 is 18.5 Å². The first-order valence-electron chi connectivity index (χ1n) is 9.91. The Morgan fingerprint density at radius 3 is 1.39 bits per heavy atom. The molecule has 0 heterocycles. The van der Waals surface area contributed by atoms with Gasteiger partial charge in [0.1, 0.15) is 13.2 Å². The summed E-state index contributed by atoms with van der Waals surface area (Å²) in [5.74, 6) is -0.256. The summed E-state index contributed by atoms with van der Waals surface area (Å²) >= 11 is 0. The molecule has 0 N–H and O–H groups in total. The minimum absolute atomic E-state index is 0.128. The van der Waals surface area contributed by atoms with E-state index in [1.807, 2.05) is 27.7 Å². The monoisotopic (exact) mass is 422 g/mol. The first kappa shape index (κ1) is 27.4. The van der Waals surface area contributed by atoms with Crippen LogP contribution in [0.4, 0.5) is 0 Å². The Balaban J connectivity index is 4.19. The van der Waals surface area contributed by atoms with Gasteiger partial charge >= 0.3 is 8.25 Å². The van der Waals surface area contributed by atoms with E-state index in [0.29, 0.717) is 26.1 Å². The maximum atomic E-state index is 12.3. The molecule has 0 aromatic heterocycles. The fourth-order valence-electron chi connectivity index (χ4n) is 2.59. The van der Waals surface area contributed by atoms with Crippen LogP contribution < -0.4 is 0 Å². The van der Waals surface area contributed by atoms with E-state index in [0.717, 1.165) is 25.7 Å². The molecule has 28 heavy (non-hydrogen) atoms. The Morgan fingerprint density at radius 2 is 1.07 bits per heavy atom. The van der Waals surface area contributed by atoms with E-state index in [1.165, 1.54) is 0 Å². The van der Waals surface area contributed by atoms with Crippen molar-refractivity contribution < 1.29 is 32.7 Å². The van der Waals surface area contributed by atoms with E-state index in [4.69, 9.17) is 18.5 Å². The predicted octanol–water partition coefficient (Wildman–Crippen LogP) is 4.23. The molecule has 0 radical (unpaired) electrons. The summed E-state index contributed by atoms with van der Waals surface area (Å²) in [5, 5.41) is 0. The molecule has 0 atom stereocenters. The Morgan fingerprint density at radius 1 is 0.714 bits per heavy atom. The zero-order chi connectivity index (χ0) is 21.6. The van der Waals surface area contributed by atoms with Gasteiger partial charge in [0.05, 0.1) is 0 Å². The zero-order valence-corrected chi connectivity index (χ0v) is 19.4. The van der Waals surface area contributed by atoms with E-state index in [-0.39, 0.29) is 24.8 Å². The largest absolute Gasteiger partial charge is 0.385 e. The number of hydrogen-bond acceptors (Lipinski definition) is 7. The van der Waals surface area contributed by atoms with E-state index in [9.17, 15) is 14.2 Å². The van der Waals surface area contributed by atoms with Gasteiger partial charge in [-0.15, -0.1) is 0 Å². The van der Waals surface area contributed by atoms with E-state index in [1.54, 1.807) is 14.2 Å². The van der Waals surface area contributed by atoms with Crippen LogP contribution in [0.1, 0.15) is 66.2 Å².